The van der Waals surface area contributed by atoms with Crippen molar-refractivity contribution in [1.82, 2.24) is 20.0 Å². The van der Waals surface area contributed by atoms with E-state index in [4.69, 9.17) is 10.8 Å². The number of carboxylic acid groups (broad SMARTS) is 1. The highest BCUT2D eigenvalue weighted by atomic mass is 16.4. The van der Waals surface area contributed by atoms with Gasteiger partial charge in [0.15, 0.2) is 5.65 Å². The summed E-state index contributed by atoms with van der Waals surface area (Å²) in [4.78, 5) is 10.7. The van der Waals surface area contributed by atoms with Gasteiger partial charge in [0.1, 0.15) is 6.04 Å². The van der Waals surface area contributed by atoms with Crippen LogP contribution in [-0.4, -0.2) is 31.1 Å². The van der Waals surface area contributed by atoms with Gasteiger partial charge in [-0.05, 0) is 16.5 Å². The molecular formula is C7H7N5O2. The Bertz CT molecular complexity index is 480. The number of aromatic nitrogens is 4. The summed E-state index contributed by atoms with van der Waals surface area (Å²) in [6, 6.07) is 2.12. The summed E-state index contributed by atoms with van der Waals surface area (Å²) in [6.45, 7) is 0. The first kappa shape index (κ1) is 8.57. The van der Waals surface area contributed by atoms with E-state index >= 15 is 0 Å². The lowest BCUT2D eigenvalue weighted by molar-refractivity contribution is -0.138. The van der Waals surface area contributed by atoms with E-state index in [-0.39, 0.29) is 0 Å². The van der Waals surface area contributed by atoms with Crippen LogP contribution in [0.2, 0.25) is 0 Å². The number of hydrogen-bond acceptors (Lipinski definition) is 5. The Labute approximate surface area is 78.1 Å². The highest BCUT2D eigenvalue weighted by Gasteiger charge is 2.18. The van der Waals surface area contributed by atoms with E-state index in [9.17, 15) is 4.79 Å². The van der Waals surface area contributed by atoms with Crippen molar-refractivity contribution >= 4 is 11.6 Å². The van der Waals surface area contributed by atoms with Gasteiger partial charge in [-0.25, -0.2) is 4.52 Å². The number of rotatable bonds is 2. The summed E-state index contributed by atoms with van der Waals surface area (Å²) in [5.41, 5.74) is 6.21. The second kappa shape index (κ2) is 3.04. The molecule has 0 saturated carbocycles. The maximum Gasteiger partial charge on any atom is 0.325 e. The average Bonchev–Trinajstić information content (AvgIpc) is 2.63. The lowest BCUT2D eigenvalue weighted by Crippen LogP contribution is -2.21. The molecule has 0 fully saturated rings. The first-order chi connectivity index (χ1) is 6.70. The molecule has 14 heavy (non-hydrogen) atoms. The first-order valence-electron chi connectivity index (χ1n) is 3.85. The van der Waals surface area contributed by atoms with Crippen LogP contribution in [0.1, 0.15) is 11.6 Å². The fourth-order valence-corrected chi connectivity index (χ4v) is 1.16. The summed E-state index contributed by atoms with van der Waals surface area (Å²) in [7, 11) is 0. The molecule has 0 aliphatic heterocycles. The third-order valence-corrected chi connectivity index (χ3v) is 1.86. The van der Waals surface area contributed by atoms with E-state index in [1.807, 2.05) is 0 Å². The Hall–Kier alpha value is -2.02. The molecule has 0 aromatic carbocycles. The molecule has 0 saturated heterocycles. The van der Waals surface area contributed by atoms with Gasteiger partial charge in [0.05, 0.1) is 0 Å². The quantitative estimate of drug-likeness (QED) is 0.647. The molecule has 3 N–H and O–H groups in total. The Morgan fingerprint density at radius 3 is 3.14 bits per heavy atom. The maximum absolute atomic E-state index is 10.7. The van der Waals surface area contributed by atoms with E-state index in [1.54, 1.807) is 18.3 Å². The van der Waals surface area contributed by atoms with E-state index < -0.39 is 12.0 Å². The second-order valence-electron chi connectivity index (χ2n) is 2.73. The number of aliphatic carboxylic acids is 1. The van der Waals surface area contributed by atoms with Gasteiger partial charge in [0.25, 0.3) is 0 Å². The fraction of sp³-hybridized carbons (Fsp3) is 0.143. The van der Waals surface area contributed by atoms with Crippen LogP contribution in [0.25, 0.3) is 5.65 Å². The van der Waals surface area contributed by atoms with Crippen LogP contribution in [0, 0.1) is 0 Å². The van der Waals surface area contributed by atoms with Gasteiger partial charge < -0.3 is 10.8 Å². The van der Waals surface area contributed by atoms with Gasteiger partial charge in [-0.15, -0.1) is 5.10 Å². The zero-order chi connectivity index (χ0) is 10.1. The number of pyridine rings is 1. The predicted molar refractivity (Wildman–Crippen MR) is 45.3 cm³/mol. The van der Waals surface area contributed by atoms with Crippen molar-refractivity contribution < 1.29 is 9.90 Å². The maximum atomic E-state index is 10.7. The largest absolute Gasteiger partial charge is 0.480 e. The number of nitrogens with zero attached hydrogens (tertiary/aromatic N) is 4. The molecule has 2 aromatic heterocycles. The standard InChI is InChI=1S/C7H7N5O2/c8-5(7(13)14)4-2-1-3-12-6(4)9-10-11-12/h1-3,5H,8H2,(H,13,14). The third kappa shape index (κ3) is 1.19. The molecule has 0 bridgehead atoms. The van der Waals surface area contributed by atoms with Gasteiger partial charge in [0, 0.05) is 11.8 Å². The van der Waals surface area contributed by atoms with Crippen molar-refractivity contribution in [3.05, 3.63) is 23.9 Å². The molecule has 2 heterocycles. The molecule has 1 atom stereocenters. The predicted octanol–water partition coefficient (Wildman–Crippen LogP) is -0.791. The molecule has 1 unspecified atom stereocenters. The summed E-state index contributed by atoms with van der Waals surface area (Å²) in [5.74, 6) is -1.11. The summed E-state index contributed by atoms with van der Waals surface area (Å²) in [5, 5.41) is 19.5. The molecule has 0 amide bonds. The Kier molecular flexibility index (Phi) is 1.86. The molecule has 0 spiro atoms. The minimum atomic E-state index is -1.11. The number of carboxylic acids is 1. The molecule has 2 aromatic rings. The third-order valence-electron chi connectivity index (χ3n) is 1.86. The molecule has 7 heteroatoms. The smallest absolute Gasteiger partial charge is 0.325 e. The van der Waals surface area contributed by atoms with Crippen molar-refractivity contribution in [3.8, 4) is 0 Å². The monoisotopic (exact) mass is 193 g/mol. The van der Waals surface area contributed by atoms with E-state index in [0.717, 1.165) is 0 Å². The van der Waals surface area contributed by atoms with Crippen molar-refractivity contribution in [3.63, 3.8) is 0 Å². The number of carbonyl (C=O) groups is 1. The second-order valence-corrected chi connectivity index (χ2v) is 2.73. The van der Waals surface area contributed by atoms with Crippen LogP contribution in [0.3, 0.4) is 0 Å². The molecule has 0 radical (unpaired) electrons. The number of tetrazole rings is 1. The molecule has 2 rings (SSSR count). The molecule has 0 aliphatic rings. The van der Waals surface area contributed by atoms with Gasteiger partial charge in [-0.3, -0.25) is 4.79 Å². The Morgan fingerprint density at radius 2 is 2.43 bits per heavy atom. The van der Waals surface area contributed by atoms with Gasteiger partial charge in [-0.1, -0.05) is 6.07 Å². The first-order valence-corrected chi connectivity index (χ1v) is 3.85. The van der Waals surface area contributed by atoms with Crippen molar-refractivity contribution in [1.29, 1.82) is 0 Å². The zero-order valence-corrected chi connectivity index (χ0v) is 7.03. The SMILES string of the molecule is NC(C(=O)O)c1cccn2nnnc12. The number of nitrogens with two attached hydrogens (primary N) is 1. The fourth-order valence-electron chi connectivity index (χ4n) is 1.16. The van der Waals surface area contributed by atoms with Gasteiger partial charge >= 0.3 is 5.97 Å². The number of hydrogen-bond donors (Lipinski definition) is 2. The average molecular weight is 193 g/mol. The van der Waals surface area contributed by atoms with E-state index in [2.05, 4.69) is 15.5 Å². The van der Waals surface area contributed by atoms with Gasteiger partial charge in [-0.2, -0.15) is 0 Å². The summed E-state index contributed by atoms with van der Waals surface area (Å²) >= 11 is 0. The summed E-state index contributed by atoms with van der Waals surface area (Å²) in [6.07, 6.45) is 1.62. The minimum absolute atomic E-state index is 0.363. The van der Waals surface area contributed by atoms with Crippen LogP contribution in [0.4, 0.5) is 0 Å². The lowest BCUT2D eigenvalue weighted by atomic mass is 10.1. The van der Waals surface area contributed by atoms with Crippen LogP contribution in [0.5, 0.6) is 0 Å². The lowest BCUT2D eigenvalue weighted by Gasteiger charge is -2.05. The molecular weight excluding hydrogens is 186 g/mol. The van der Waals surface area contributed by atoms with Crippen LogP contribution in [0.15, 0.2) is 18.3 Å². The minimum Gasteiger partial charge on any atom is -0.480 e. The van der Waals surface area contributed by atoms with Crippen molar-refractivity contribution in [2.75, 3.05) is 0 Å². The van der Waals surface area contributed by atoms with Crippen LogP contribution >= 0.6 is 0 Å². The Morgan fingerprint density at radius 1 is 1.64 bits per heavy atom. The summed E-state index contributed by atoms with van der Waals surface area (Å²) < 4.78 is 1.37. The molecule has 0 aliphatic carbocycles. The topological polar surface area (TPSA) is 106 Å². The molecule has 72 valence electrons. The highest BCUT2D eigenvalue weighted by molar-refractivity contribution is 5.77. The zero-order valence-electron chi connectivity index (χ0n) is 7.03. The van der Waals surface area contributed by atoms with Crippen LogP contribution < -0.4 is 5.73 Å². The number of fused-ring (bicyclic) bond motifs is 1. The van der Waals surface area contributed by atoms with E-state index in [0.29, 0.717) is 11.2 Å². The van der Waals surface area contributed by atoms with Gasteiger partial charge in [0.2, 0.25) is 0 Å². The van der Waals surface area contributed by atoms with E-state index in [1.165, 1.54) is 4.52 Å². The normalized spacial score (nSPS) is 12.9. The molecule has 7 nitrogen and oxygen atoms in total. The van der Waals surface area contributed by atoms with Crippen molar-refractivity contribution in [2.24, 2.45) is 5.73 Å². The van der Waals surface area contributed by atoms with Crippen molar-refractivity contribution in [2.45, 2.75) is 6.04 Å². The Balaban J connectivity index is 2.61. The highest BCUT2D eigenvalue weighted by Crippen LogP contribution is 2.14. The van der Waals surface area contributed by atoms with Crippen LogP contribution in [-0.2, 0) is 4.79 Å².